The SMILES string of the molecule is C=C(C)C(=O)OCCOC(=O)CCC1(C)CC(NC(=O)OCC)CC(C)(C)C1. The van der Waals surface area contributed by atoms with Crippen molar-refractivity contribution in [3.05, 3.63) is 12.2 Å². The van der Waals surface area contributed by atoms with E-state index in [-0.39, 0.29) is 42.5 Å². The number of carbonyl (C=O) groups is 3. The molecule has 1 amide bonds. The van der Waals surface area contributed by atoms with Crippen molar-refractivity contribution in [3.63, 3.8) is 0 Å². The van der Waals surface area contributed by atoms with E-state index in [1.807, 2.05) is 0 Å². The molecule has 28 heavy (non-hydrogen) atoms. The zero-order valence-corrected chi connectivity index (χ0v) is 17.9. The van der Waals surface area contributed by atoms with Crippen LogP contribution in [0.15, 0.2) is 12.2 Å². The molecule has 1 aliphatic rings. The van der Waals surface area contributed by atoms with Gasteiger partial charge in [0.1, 0.15) is 13.2 Å². The van der Waals surface area contributed by atoms with E-state index in [4.69, 9.17) is 14.2 Å². The molecule has 2 atom stereocenters. The van der Waals surface area contributed by atoms with E-state index in [1.54, 1.807) is 13.8 Å². The molecule has 0 bridgehead atoms. The third-order valence-corrected chi connectivity index (χ3v) is 4.90. The molecule has 1 aliphatic carbocycles. The van der Waals surface area contributed by atoms with Gasteiger partial charge < -0.3 is 19.5 Å². The zero-order valence-electron chi connectivity index (χ0n) is 17.9. The van der Waals surface area contributed by atoms with E-state index in [0.29, 0.717) is 18.6 Å². The first-order valence-corrected chi connectivity index (χ1v) is 9.88. The van der Waals surface area contributed by atoms with E-state index in [0.717, 1.165) is 19.3 Å². The van der Waals surface area contributed by atoms with Gasteiger partial charge in [0.05, 0.1) is 6.61 Å². The first-order valence-electron chi connectivity index (χ1n) is 9.88. The average molecular weight is 398 g/mol. The first kappa shape index (κ1) is 24.0. The Morgan fingerprint density at radius 2 is 1.71 bits per heavy atom. The lowest BCUT2D eigenvalue weighted by atomic mass is 9.61. The Balaban J connectivity index is 2.47. The van der Waals surface area contributed by atoms with Gasteiger partial charge in [0.25, 0.3) is 0 Å². The van der Waals surface area contributed by atoms with E-state index >= 15 is 0 Å². The van der Waals surface area contributed by atoms with Crippen LogP contribution in [0.2, 0.25) is 0 Å². The van der Waals surface area contributed by atoms with Crippen molar-refractivity contribution in [2.75, 3.05) is 19.8 Å². The number of ether oxygens (including phenoxy) is 3. The predicted octanol–water partition coefficient (Wildman–Crippen LogP) is 3.76. The fraction of sp³-hybridized carbons (Fsp3) is 0.762. The second kappa shape index (κ2) is 10.5. The Labute approximate surface area is 168 Å². The van der Waals surface area contributed by atoms with Crippen LogP contribution < -0.4 is 5.32 Å². The highest BCUT2D eigenvalue weighted by atomic mass is 16.6. The Morgan fingerprint density at radius 3 is 2.32 bits per heavy atom. The lowest BCUT2D eigenvalue weighted by Gasteiger charge is -2.46. The molecule has 1 saturated carbocycles. The quantitative estimate of drug-likeness (QED) is 0.276. The molecule has 0 radical (unpaired) electrons. The van der Waals surface area contributed by atoms with Crippen molar-refractivity contribution < 1.29 is 28.6 Å². The number of hydrogen-bond acceptors (Lipinski definition) is 6. The van der Waals surface area contributed by atoms with Crippen LogP contribution in [0.5, 0.6) is 0 Å². The van der Waals surface area contributed by atoms with Crippen LogP contribution in [0.3, 0.4) is 0 Å². The number of carbonyl (C=O) groups excluding carboxylic acids is 3. The Morgan fingerprint density at radius 1 is 1.07 bits per heavy atom. The fourth-order valence-electron chi connectivity index (χ4n) is 4.15. The smallest absolute Gasteiger partial charge is 0.407 e. The fourth-order valence-corrected chi connectivity index (χ4v) is 4.15. The van der Waals surface area contributed by atoms with Crippen molar-refractivity contribution in [2.24, 2.45) is 10.8 Å². The summed E-state index contributed by atoms with van der Waals surface area (Å²) in [5.41, 5.74) is 0.278. The second-order valence-electron chi connectivity index (χ2n) is 8.76. The molecule has 0 aromatic carbocycles. The number of amides is 1. The molecular formula is C21H35NO6. The lowest BCUT2D eigenvalue weighted by Crippen LogP contribution is -2.47. The van der Waals surface area contributed by atoms with Gasteiger partial charge >= 0.3 is 18.0 Å². The lowest BCUT2D eigenvalue weighted by molar-refractivity contribution is -0.150. The maximum absolute atomic E-state index is 12.0. The van der Waals surface area contributed by atoms with Crippen molar-refractivity contribution in [2.45, 2.75) is 72.8 Å². The Kier molecular flexibility index (Phi) is 8.98. The van der Waals surface area contributed by atoms with Gasteiger partial charge in [0.2, 0.25) is 0 Å². The Bertz CT molecular complexity index is 585. The molecular weight excluding hydrogens is 362 g/mol. The predicted molar refractivity (Wildman–Crippen MR) is 106 cm³/mol. The molecule has 0 spiro atoms. The number of esters is 2. The van der Waals surface area contributed by atoms with Gasteiger partial charge in [-0.3, -0.25) is 4.79 Å². The standard InChI is InChI=1S/C21H35NO6/c1-7-26-19(25)22-16-12-20(4,5)14-21(6,13-16)9-8-17(23)27-10-11-28-18(24)15(2)3/h16H,2,7-14H2,1,3-6H3,(H,22,25). The van der Waals surface area contributed by atoms with Crippen LogP contribution in [0.25, 0.3) is 0 Å². The zero-order chi connectivity index (χ0) is 21.4. The van der Waals surface area contributed by atoms with Gasteiger partial charge in [-0.05, 0) is 50.4 Å². The minimum Gasteiger partial charge on any atom is -0.462 e. The molecule has 160 valence electrons. The third-order valence-electron chi connectivity index (χ3n) is 4.90. The minimum absolute atomic E-state index is 0.0189. The van der Waals surface area contributed by atoms with Crippen LogP contribution in [0.1, 0.15) is 66.7 Å². The molecule has 0 saturated heterocycles. The van der Waals surface area contributed by atoms with Crippen LogP contribution in [-0.4, -0.2) is 43.9 Å². The third kappa shape index (κ3) is 8.76. The second-order valence-corrected chi connectivity index (χ2v) is 8.76. The van der Waals surface area contributed by atoms with Crippen LogP contribution >= 0.6 is 0 Å². The maximum Gasteiger partial charge on any atom is 0.407 e. The molecule has 1 fully saturated rings. The molecule has 0 aromatic heterocycles. The number of rotatable bonds is 9. The Hall–Kier alpha value is -2.05. The van der Waals surface area contributed by atoms with Gasteiger partial charge in [-0.15, -0.1) is 0 Å². The monoisotopic (exact) mass is 397 g/mol. The van der Waals surface area contributed by atoms with E-state index < -0.39 is 12.1 Å². The molecule has 7 heteroatoms. The molecule has 0 aromatic rings. The van der Waals surface area contributed by atoms with Crippen LogP contribution in [0.4, 0.5) is 4.79 Å². The van der Waals surface area contributed by atoms with Gasteiger partial charge in [-0.2, -0.15) is 0 Å². The highest BCUT2D eigenvalue weighted by molar-refractivity contribution is 5.86. The summed E-state index contributed by atoms with van der Waals surface area (Å²) in [7, 11) is 0. The summed E-state index contributed by atoms with van der Waals surface area (Å²) in [5, 5.41) is 2.95. The molecule has 1 rings (SSSR count). The maximum atomic E-state index is 12.0. The number of alkyl carbamates (subject to hydrolysis) is 1. The summed E-state index contributed by atoms with van der Waals surface area (Å²) in [4.78, 5) is 35.1. The molecule has 0 aliphatic heterocycles. The van der Waals surface area contributed by atoms with E-state index in [9.17, 15) is 14.4 Å². The summed E-state index contributed by atoms with van der Waals surface area (Å²) in [5.74, 6) is -0.806. The molecule has 7 nitrogen and oxygen atoms in total. The molecule has 1 N–H and O–H groups in total. The van der Waals surface area contributed by atoms with Crippen molar-refractivity contribution in [1.82, 2.24) is 5.32 Å². The largest absolute Gasteiger partial charge is 0.462 e. The average Bonchev–Trinajstić information content (AvgIpc) is 2.55. The first-order chi connectivity index (χ1) is 13.0. The van der Waals surface area contributed by atoms with Gasteiger partial charge in [-0.1, -0.05) is 27.4 Å². The minimum atomic E-state index is -0.492. The summed E-state index contributed by atoms with van der Waals surface area (Å²) in [6, 6.07) is 0.0189. The summed E-state index contributed by atoms with van der Waals surface area (Å²) in [6.45, 7) is 13.7. The van der Waals surface area contributed by atoms with Gasteiger partial charge in [0, 0.05) is 18.0 Å². The highest BCUT2D eigenvalue weighted by Crippen LogP contribution is 2.48. The summed E-state index contributed by atoms with van der Waals surface area (Å²) in [6.07, 6.45) is 3.19. The van der Waals surface area contributed by atoms with Crippen LogP contribution in [0, 0.1) is 10.8 Å². The van der Waals surface area contributed by atoms with E-state index in [2.05, 4.69) is 32.7 Å². The van der Waals surface area contributed by atoms with Crippen molar-refractivity contribution in [1.29, 1.82) is 0 Å². The molecule has 2 unspecified atom stereocenters. The summed E-state index contributed by atoms with van der Waals surface area (Å²) < 4.78 is 15.0. The molecule has 0 heterocycles. The number of nitrogens with one attached hydrogen (secondary N) is 1. The number of hydrogen-bond donors (Lipinski definition) is 1. The highest BCUT2D eigenvalue weighted by Gasteiger charge is 2.41. The topological polar surface area (TPSA) is 90.9 Å². The van der Waals surface area contributed by atoms with Crippen molar-refractivity contribution in [3.8, 4) is 0 Å². The normalized spacial score (nSPS) is 23.4. The van der Waals surface area contributed by atoms with E-state index in [1.165, 1.54) is 0 Å². The van der Waals surface area contributed by atoms with Gasteiger partial charge in [-0.25, -0.2) is 9.59 Å². The van der Waals surface area contributed by atoms with Gasteiger partial charge in [0.15, 0.2) is 0 Å². The summed E-state index contributed by atoms with van der Waals surface area (Å²) >= 11 is 0. The van der Waals surface area contributed by atoms with Crippen LogP contribution in [-0.2, 0) is 23.8 Å². The van der Waals surface area contributed by atoms with Crippen molar-refractivity contribution >= 4 is 18.0 Å².